The topological polar surface area (TPSA) is 12.0 Å². The molecule has 0 heterocycles. The minimum absolute atomic E-state index is 0.0535. The molecule has 21 heavy (non-hydrogen) atoms. The lowest BCUT2D eigenvalue weighted by atomic mass is 9.97. The van der Waals surface area contributed by atoms with E-state index in [1.807, 2.05) is 37.3 Å². The second-order valence-electron chi connectivity index (χ2n) is 5.07. The lowest BCUT2D eigenvalue weighted by Crippen LogP contribution is -2.23. The van der Waals surface area contributed by atoms with Crippen LogP contribution in [0.15, 0.2) is 36.4 Å². The number of nitrogens with one attached hydrogen (secondary N) is 1. The van der Waals surface area contributed by atoms with Crippen LogP contribution < -0.4 is 5.32 Å². The molecule has 2 rings (SSSR count). The summed E-state index contributed by atoms with van der Waals surface area (Å²) in [5.41, 5.74) is 3.28. The summed E-state index contributed by atoms with van der Waals surface area (Å²) in [6.45, 7) is 5.05. The van der Waals surface area contributed by atoms with E-state index in [1.165, 1.54) is 0 Å². The van der Waals surface area contributed by atoms with E-state index in [0.717, 1.165) is 34.7 Å². The average molecular weight is 343 g/mol. The van der Waals surface area contributed by atoms with Gasteiger partial charge in [0.2, 0.25) is 0 Å². The number of rotatable bonds is 5. The van der Waals surface area contributed by atoms with Crippen LogP contribution in [-0.4, -0.2) is 6.54 Å². The molecule has 1 unspecified atom stereocenters. The first-order valence-corrected chi connectivity index (χ1v) is 8.10. The van der Waals surface area contributed by atoms with E-state index in [1.54, 1.807) is 0 Å². The van der Waals surface area contributed by atoms with Crippen molar-refractivity contribution in [3.05, 3.63) is 68.2 Å². The minimum atomic E-state index is 0.0535. The molecular weight excluding hydrogens is 325 g/mol. The summed E-state index contributed by atoms with van der Waals surface area (Å²) in [6.07, 6.45) is 1.05. The molecular formula is C17H18Cl3N. The number of benzene rings is 2. The Bertz CT molecular complexity index is 574. The quantitative estimate of drug-likeness (QED) is 0.698. The number of hydrogen-bond acceptors (Lipinski definition) is 1. The van der Waals surface area contributed by atoms with Crippen molar-refractivity contribution in [1.82, 2.24) is 5.32 Å². The molecule has 2 aromatic carbocycles. The van der Waals surface area contributed by atoms with Crippen molar-refractivity contribution in [2.24, 2.45) is 0 Å². The highest BCUT2D eigenvalue weighted by molar-refractivity contribution is 6.42. The summed E-state index contributed by atoms with van der Waals surface area (Å²) in [5, 5.41) is 5.44. The van der Waals surface area contributed by atoms with Gasteiger partial charge in [-0.2, -0.15) is 0 Å². The summed E-state index contributed by atoms with van der Waals surface area (Å²) in [7, 11) is 0. The fourth-order valence-corrected chi connectivity index (χ4v) is 2.69. The van der Waals surface area contributed by atoms with Crippen LogP contribution in [0.25, 0.3) is 0 Å². The third-order valence-electron chi connectivity index (χ3n) is 3.40. The van der Waals surface area contributed by atoms with Crippen molar-refractivity contribution >= 4 is 34.8 Å². The number of hydrogen-bond donors (Lipinski definition) is 1. The molecule has 4 heteroatoms. The monoisotopic (exact) mass is 341 g/mol. The van der Waals surface area contributed by atoms with Gasteiger partial charge in [0, 0.05) is 5.02 Å². The molecule has 0 amide bonds. The molecule has 1 N–H and O–H groups in total. The van der Waals surface area contributed by atoms with E-state index >= 15 is 0 Å². The fourth-order valence-electron chi connectivity index (χ4n) is 2.20. The van der Waals surface area contributed by atoms with Crippen molar-refractivity contribution < 1.29 is 0 Å². The van der Waals surface area contributed by atoms with Gasteiger partial charge >= 0.3 is 0 Å². The van der Waals surface area contributed by atoms with Crippen LogP contribution in [0.2, 0.25) is 15.1 Å². The summed E-state index contributed by atoms with van der Waals surface area (Å²) < 4.78 is 0. The van der Waals surface area contributed by atoms with Crippen molar-refractivity contribution in [1.29, 1.82) is 0 Å². The first kappa shape index (κ1) is 16.6. The highest BCUT2D eigenvalue weighted by Gasteiger charge is 2.15. The fraction of sp³-hybridized carbons (Fsp3) is 0.294. The van der Waals surface area contributed by atoms with Crippen LogP contribution in [0.5, 0.6) is 0 Å². The molecule has 0 aromatic heterocycles. The van der Waals surface area contributed by atoms with Crippen LogP contribution in [-0.2, 0) is 0 Å². The maximum Gasteiger partial charge on any atom is 0.0595 e. The van der Waals surface area contributed by atoms with E-state index in [4.69, 9.17) is 34.8 Å². The molecule has 0 saturated heterocycles. The van der Waals surface area contributed by atoms with Gasteiger partial charge in [-0.15, -0.1) is 0 Å². The number of halogens is 3. The van der Waals surface area contributed by atoms with E-state index in [-0.39, 0.29) is 6.04 Å². The highest BCUT2D eigenvalue weighted by atomic mass is 35.5. The lowest BCUT2D eigenvalue weighted by Gasteiger charge is -2.21. The first-order valence-electron chi connectivity index (χ1n) is 6.97. The molecule has 0 spiro atoms. The summed E-state index contributed by atoms with van der Waals surface area (Å²) >= 11 is 18.4. The normalized spacial score (nSPS) is 12.4. The van der Waals surface area contributed by atoms with Crippen LogP contribution in [0, 0.1) is 6.92 Å². The summed E-state index contributed by atoms with van der Waals surface area (Å²) in [5.74, 6) is 0. The molecule has 2 aromatic rings. The maximum atomic E-state index is 6.26. The van der Waals surface area contributed by atoms with Gasteiger partial charge in [-0.3, -0.25) is 0 Å². The van der Waals surface area contributed by atoms with Gasteiger partial charge < -0.3 is 5.32 Å². The smallest absolute Gasteiger partial charge is 0.0595 e. The van der Waals surface area contributed by atoms with E-state index in [0.29, 0.717) is 10.0 Å². The zero-order valence-corrected chi connectivity index (χ0v) is 14.4. The maximum absolute atomic E-state index is 6.26. The Hall–Kier alpha value is -0.730. The van der Waals surface area contributed by atoms with Gasteiger partial charge in [0.1, 0.15) is 0 Å². The zero-order chi connectivity index (χ0) is 15.4. The second kappa shape index (κ2) is 7.51. The van der Waals surface area contributed by atoms with Crippen molar-refractivity contribution in [3.63, 3.8) is 0 Å². The minimum Gasteiger partial charge on any atom is -0.306 e. The van der Waals surface area contributed by atoms with Crippen LogP contribution in [0.4, 0.5) is 0 Å². The van der Waals surface area contributed by atoms with Crippen molar-refractivity contribution in [2.75, 3.05) is 6.54 Å². The molecule has 0 aliphatic carbocycles. The zero-order valence-electron chi connectivity index (χ0n) is 12.1. The van der Waals surface area contributed by atoms with E-state index < -0.39 is 0 Å². The first-order chi connectivity index (χ1) is 10.0. The van der Waals surface area contributed by atoms with Crippen LogP contribution in [0.1, 0.15) is 36.1 Å². The average Bonchev–Trinajstić information content (AvgIpc) is 2.46. The Morgan fingerprint density at radius 2 is 1.52 bits per heavy atom. The Morgan fingerprint density at radius 1 is 0.905 bits per heavy atom. The largest absolute Gasteiger partial charge is 0.306 e. The molecule has 112 valence electrons. The Labute approximate surface area is 141 Å². The molecule has 1 atom stereocenters. The van der Waals surface area contributed by atoms with Gasteiger partial charge in [-0.1, -0.05) is 59.9 Å². The molecule has 1 nitrogen and oxygen atoms in total. The van der Waals surface area contributed by atoms with Gasteiger partial charge in [-0.25, -0.2) is 0 Å². The molecule has 0 radical (unpaired) electrons. The number of aryl methyl sites for hydroxylation is 1. The van der Waals surface area contributed by atoms with Crippen molar-refractivity contribution in [2.45, 2.75) is 26.3 Å². The third kappa shape index (κ3) is 4.14. The summed E-state index contributed by atoms with van der Waals surface area (Å²) in [6, 6.07) is 11.9. The third-order valence-corrected chi connectivity index (χ3v) is 4.55. The molecule has 0 bridgehead atoms. The van der Waals surface area contributed by atoms with E-state index in [2.05, 4.69) is 18.3 Å². The summed E-state index contributed by atoms with van der Waals surface area (Å²) in [4.78, 5) is 0. The van der Waals surface area contributed by atoms with Gasteiger partial charge in [-0.05, 0) is 54.8 Å². The van der Waals surface area contributed by atoms with Crippen LogP contribution >= 0.6 is 34.8 Å². The van der Waals surface area contributed by atoms with Gasteiger partial charge in [0.25, 0.3) is 0 Å². The molecule has 0 aliphatic heterocycles. The van der Waals surface area contributed by atoms with Gasteiger partial charge in [0.05, 0.1) is 16.1 Å². The standard InChI is InChI=1S/C17H18Cl3N/c1-3-8-21-17(12-5-4-11(2)15(19)9-12)13-6-7-14(18)16(20)10-13/h4-7,9-10,17,21H,3,8H2,1-2H3. The Morgan fingerprint density at radius 3 is 2.10 bits per heavy atom. The Balaban J connectivity index is 2.41. The predicted molar refractivity (Wildman–Crippen MR) is 92.8 cm³/mol. The molecule has 0 saturated carbocycles. The van der Waals surface area contributed by atoms with Crippen molar-refractivity contribution in [3.8, 4) is 0 Å². The van der Waals surface area contributed by atoms with E-state index in [9.17, 15) is 0 Å². The predicted octanol–water partition coefficient (Wildman–Crippen LogP) is 6.04. The second-order valence-corrected chi connectivity index (χ2v) is 6.29. The Kier molecular flexibility index (Phi) is 5.95. The van der Waals surface area contributed by atoms with Gasteiger partial charge in [0.15, 0.2) is 0 Å². The SMILES string of the molecule is CCCNC(c1ccc(C)c(Cl)c1)c1ccc(Cl)c(Cl)c1. The highest BCUT2D eigenvalue weighted by Crippen LogP contribution is 2.30. The van der Waals surface area contributed by atoms with Crippen LogP contribution in [0.3, 0.4) is 0 Å². The molecule has 0 fully saturated rings. The molecule has 0 aliphatic rings. The lowest BCUT2D eigenvalue weighted by molar-refractivity contribution is 0.598.